The van der Waals surface area contributed by atoms with Crippen molar-refractivity contribution in [3.8, 4) is 34.3 Å². The van der Waals surface area contributed by atoms with E-state index in [0.29, 0.717) is 37.0 Å². The van der Waals surface area contributed by atoms with Gasteiger partial charge in [0.15, 0.2) is 0 Å². The van der Waals surface area contributed by atoms with Gasteiger partial charge >= 0.3 is 6.09 Å². The van der Waals surface area contributed by atoms with Gasteiger partial charge in [0.1, 0.15) is 17.1 Å². The van der Waals surface area contributed by atoms with Gasteiger partial charge in [0.25, 0.3) is 5.89 Å². The number of benzene rings is 2. The maximum Gasteiger partial charge on any atom is 0.407 e. The van der Waals surface area contributed by atoms with Crippen molar-refractivity contribution in [2.45, 2.75) is 32.8 Å². The first-order valence-electron chi connectivity index (χ1n) is 9.63. The molecule has 0 radical (unpaired) electrons. The summed E-state index contributed by atoms with van der Waals surface area (Å²) >= 11 is 0. The van der Waals surface area contributed by atoms with Crippen LogP contribution in [0.4, 0.5) is 4.79 Å². The topological polar surface area (TPSA) is 107 Å². The fourth-order valence-corrected chi connectivity index (χ4v) is 2.53. The van der Waals surface area contributed by atoms with E-state index >= 15 is 0 Å². The van der Waals surface area contributed by atoms with E-state index in [0.717, 1.165) is 11.1 Å². The summed E-state index contributed by atoms with van der Waals surface area (Å²) in [5.74, 6) is 1.72. The van der Waals surface area contributed by atoms with Gasteiger partial charge in [-0.25, -0.2) is 4.79 Å². The van der Waals surface area contributed by atoms with Crippen molar-refractivity contribution < 1.29 is 23.9 Å². The lowest BCUT2D eigenvalue weighted by atomic mass is 10.2. The maximum absolute atomic E-state index is 11.6. The molecule has 0 aliphatic rings. The molecule has 0 saturated carbocycles. The summed E-state index contributed by atoms with van der Waals surface area (Å²) in [4.78, 5) is 16.0. The van der Waals surface area contributed by atoms with Crippen LogP contribution in [0.25, 0.3) is 22.8 Å². The van der Waals surface area contributed by atoms with E-state index < -0.39 is 11.7 Å². The summed E-state index contributed by atoms with van der Waals surface area (Å²) in [5.41, 5.74) is 1.01. The molecule has 3 aromatic rings. The highest BCUT2D eigenvalue weighted by Gasteiger charge is 2.15. The number of carbonyl (C=O) groups is 1. The Kier molecular flexibility index (Phi) is 6.56. The summed E-state index contributed by atoms with van der Waals surface area (Å²) in [6.07, 6.45) is 0.223. The average Bonchev–Trinajstić information content (AvgIpc) is 3.17. The molecule has 0 saturated heterocycles. The number of hydrogen-bond donors (Lipinski definition) is 2. The van der Waals surface area contributed by atoms with Gasteiger partial charge in [0.2, 0.25) is 5.82 Å². The molecule has 1 heterocycles. The standard InChI is InChI=1S/C22H25N3O5/c1-22(2,3)29-21(27)23-13-4-14-28-18-11-7-15(8-12-18)19-24-20(30-25-19)16-5-9-17(26)10-6-16/h5-12,26H,4,13-14H2,1-3H3,(H,23,27). The lowest BCUT2D eigenvalue weighted by Crippen LogP contribution is -2.33. The number of rotatable bonds is 7. The highest BCUT2D eigenvalue weighted by Crippen LogP contribution is 2.25. The van der Waals surface area contributed by atoms with Crippen molar-refractivity contribution in [1.82, 2.24) is 15.5 Å². The first-order valence-corrected chi connectivity index (χ1v) is 9.63. The lowest BCUT2D eigenvalue weighted by Gasteiger charge is -2.19. The second-order valence-electron chi connectivity index (χ2n) is 7.63. The molecule has 3 rings (SSSR count). The molecule has 2 N–H and O–H groups in total. The Hall–Kier alpha value is -3.55. The quantitative estimate of drug-likeness (QED) is 0.555. The number of phenols is 1. The second-order valence-corrected chi connectivity index (χ2v) is 7.63. The SMILES string of the molecule is CC(C)(C)OC(=O)NCCCOc1ccc(-c2noc(-c3ccc(O)cc3)n2)cc1. The first kappa shape index (κ1) is 21.2. The van der Waals surface area contributed by atoms with E-state index in [9.17, 15) is 9.90 Å². The zero-order chi connectivity index (χ0) is 21.6. The molecule has 0 fully saturated rings. The number of aromatic nitrogens is 2. The molecule has 0 bridgehead atoms. The molecule has 158 valence electrons. The molecule has 1 aromatic heterocycles. The summed E-state index contributed by atoms with van der Waals surface area (Å²) in [6, 6.07) is 13.9. The van der Waals surface area contributed by atoms with Crippen LogP contribution < -0.4 is 10.1 Å². The number of ether oxygens (including phenoxy) is 2. The van der Waals surface area contributed by atoms with Crippen LogP contribution in [0.5, 0.6) is 11.5 Å². The molecule has 8 nitrogen and oxygen atoms in total. The van der Waals surface area contributed by atoms with Gasteiger partial charge in [-0.05, 0) is 75.7 Å². The number of carbonyl (C=O) groups excluding carboxylic acids is 1. The molecule has 1 amide bonds. The van der Waals surface area contributed by atoms with Crippen molar-refractivity contribution in [3.05, 3.63) is 48.5 Å². The van der Waals surface area contributed by atoms with Crippen LogP contribution in [0.15, 0.2) is 53.1 Å². The second kappa shape index (κ2) is 9.30. The van der Waals surface area contributed by atoms with E-state index in [-0.39, 0.29) is 5.75 Å². The Bertz CT molecular complexity index is 960. The largest absolute Gasteiger partial charge is 0.508 e. The number of hydrogen-bond acceptors (Lipinski definition) is 7. The van der Waals surface area contributed by atoms with E-state index in [1.807, 2.05) is 45.0 Å². The minimum atomic E-state index is -0.508. The van der Waals surface area contributed by atoms with Gasteiger partial charge < -0.3 is 24.4 Å². The zero-order valence-electron chi connectivity index (χ0n) is 17.2. The third-order valence-corrected chi connectivity index (χ3v) is 3.91. The molecule has 2 aromatic carbocycles. The predicted octanol–water partition coefficient (Wildman–Crippen LogP) is 4.40. The minimum Gasteiger partial charge on any atom is -0.508 e. The molecular weight excluding hydrogens is 386 g/mol. The Balaban J connectivity index is 1.46. The van der Waals surface area contributed by atoms with Crippen molar-refractivity contribution in [1.29, 1.82) is 0 Å². The molecule has 30 heavy (non-hydrogen) atoms. The normalized spacial score (nSPS) is 11.2. The zero-order valence-corrected chi connectivity index (χ0v) is 17.2. The van der Waals surface area contributed by atoms with E-state index in [2.05, 4.69) is 15.5 Å². The summed E-state index contributed by atoms with van der Waals surface area (Å²) in [5, 5.41) is 16.1. The van der Waals surface area contributed by atoms with Crippen molar-refractivity contribution >= 4 is 6.09 Å². The van der Waals surface area contributed by atoms with Gasteiger partial charge in [-0.1, -0.05) is 5.16 Å². The number of aromatic hydroxyl groups is 1. The number of phenolic OH excluding ortho intramolecular Hbond substituents is 1. The Labute approximate surface area is 174 Å². The summed E-state index contributed by atoms with van der Waals surface area (Å²) < 4.78 is 16.2. The smallest absolute Gasteiger partial charge is 0.407 e. The Morgan fingerprint density at radius 2 is 1.73 bits per heavy atom. The maximum atomic E-state index is 11.6. The first-order chi connectivity index (χ1) is 14.3. The van der Waals surface area contributed by atoms with Crippen molar-refractivity contribution in [2.24, 2.45) is 0 Å². The van der Waals surface area contributed by atoms with E-state index in [4.69, 9.17) is 14.0 Å². The fraction of sp³-hybridized carbons (Fsp3) is 0.318. The predicted molar refractivity (Wildman–Crippen MR) is 111 cm³/mol. The third-order valence-electron chi connectivity index (χ3n) is 3.91. The number of nitrogens with zero attached hydrogens (tertiary/aromatic N) is 2. The Morgan fingerprint density at radius 3 is 2.40 bits per heavy atom. The lowest BCUT2D eigenvalue weighted by molar-refractivity contribution is 0.0525. The van der Waals surface area contributed by atoms with E-state index in [1.54, 1.807) is 24.3 Å². The molecular formula is C22H25N3O5. The third kappa shape index (κ3) is 6.23. The number of alkyl carbamates (subject to hydrolysis) is 1. The van der Waals surface area contributed by atoms with Gasteiger partial charge in [-0.2, -0.15) is 4.98 Å². The monoisotopic (exact) mass is 411 g/mol. The molecule has 0 atom stereocenters. The van der Waals surface area contributed by atoms with Crippen LogP contribution in [-0.4, -0.2) is 40.1 Å². The van der Waals surface area contributed by atoms with Crippen LogP contribution in [0, 0.1) is 0 Å². The van der Waals surface area contributed by atoms with Crippen molar-refractivity contribution in [2.75, 3.05) is 13.2 Å². The molecule has 0 spiro atoms. The fourth-order valence-electron chi connectivity index (χ4n) is 2.53. The molecule has 0 aliphatic heterocycles. The van der Waals surface area contributed by atoms with Crippen LogP contribution in [0.1, 0.15) is 27.2 Å². The number of nitrogens with one attached hydrogen (secondary N) is 1. The molecule has 8 heteroatoms. The van der Waals surface area contributed by atoms with Crippen LogP contribution in [0.3, 0.4) is 0 Å². The highest BCUT2D eigenvalue weighted by molar-refractivity contribution is 5.67. The Morgan fingerprint density at radius 1 is 1.07 bits per heavy atom. The molecule has 0 aliphatic carbocycles. The summed E-state index contributed by atoms with van der Waals surface area (Å²) in [7, 11) is 0. The van der Waals surface area contributed by atoms with Gasteiger partial charge in [-0.15, -0.1) is 0 Å². The van der Waals surface area contributed by atoms with Crippen LogP contribution >= 0.6 is 0 Å². The highest BCUT2D eigenvalue weighted by atomic mass is 16.6. The van der Waals surface area contributed by atoms with Crippen molar-refractivity contribution in [3.63, 3.8) is 0 Å². The van der Waals surface area contributed by atoms with E-state index in [1.165, 1.54) is 0 Å². The average molecular weight is 411 g/mol. The molecule has 0 unspecified atom stereocenters. The van der Waals surface area contributed by atoms with Crippen LogP contribution in [-0.2, 0) is 4.74 Å². The minimum absolute atomic E-state index is 0.176. The number of amides is 1. The summed E-state index contributed by atoms with van der Waals surface area (Å²) in [6.45, 7) is 6.39. The van der Waals surface area contributed by atoms with Gasteiger partial charge in [0, 0.05) is 17.7 Å². The van der Waals surface area contributed by atoms with Crippen LogP contribution in [0.2, 0.25) is 0 Å². The van der Waals surface area contributed by atoms with Gasteiger partial charge in [-0.3, -0.25) is 0 Å². The van der Waals surface area contributed by atoms with Gasteiger partial charge in [0.05, 0.1) is 6.61 Å².